The number of rotatable bonds is 8. The zero-order valence-electron chi connectivity index (χ0n) is 20.1. The van der Waals surface area contributed by atoms with E-state index >= 15 is 0 Å². The predicted molar refractivity (Wildman–Crippen MR) is 141 cm³/mol. The average molecular weight is 488 g/mol. The molecule has 0 atom stereocenters. The van der Waals surface area contributed by atoms with Gasteiger partial charge in [0.25, 0.3) is 5.56 Å². The third-order valence-corrected chi connectivity index (χ3v) is 5.98. The lowest BCUT2D eigenvalue weighted by Crippen LogP contribution is -2.38. The van der Waals surface area contributed by atoms with Crippen LogP contribution in [0.3, 0.4) is 0 Å². The molecule has 1 aromatic heterocycles. The van der Waals surface area contributed by atoms with Gasteiger partial charge >= 0.3 is 0 Å². The first-order chi connectivity index (χ1) is 17.0. The van der Waals surface area contributed by atoms with Crippen molar-refractivity contribution in [2.75, 3.05) is 18.0 Å². The topological polar surface area (TPSA) is 127 Å². The highest BCUT2D eigenvalue weighted by atomic mass is 16.4. The number of oxime groups is 2. The standard InChI is InChI=1S/C27H27N5O3.H2O/c1-20-26(27(33)32(30(20)2)23-16-10-5-11-17-23)31(18-24(28-34)21-12-6-3-7-13-21)19-25(29-35)22-14-8-4-9-15-22;/h3-17,34-35H,18-19H2,1-2H3;1H2/b28-24+,29-25+;. The molecule has 4 N–H and O–H groups in total. The fraction of sp³-hybridized carbons (Fsp3) is 0.148. The van der Waals surface area contributed by atoms with Crippen molar-refractivity contribution in [3.8, 4) is 5.69 Å². The maximum Gasteiger partial charge on any atom is 0.295 e. The van der Waals surface area contributed by atoms with Crippen molar-refractivity contribution in [2.45, 2.75) is 6.92 Å². The summed E-state index contributed by atoms with van der Waals surface area (Å²) >= 11 is 0. The SMILES string of the molecule is Cc1c(N(C/C(=N\O)c2ccccc2)C/C(=N\O)c2ccccc2)c(=O)n(-c2ccccc2)n1C.O. The molecule has 0 aliphatic heterocycles. The van der Waals surface area contributed by atoms with Crippen molar-refractivity contribution in [3.63, 3.8) is 0 Å². The van der Waals surface area contributed by atoms with E-state index in [9.17, 15) is 15.2 Å². The van der Waals surface area contributed by atoms with E-state index in [-0.39, 0.29) is 24.1 Å². The van der Waals surface area contributed by atoms with Crippen LogP contribution in [0.25, 0.3) is 5.69 Å². The first-order valence-corrected chi connectivity index (χ1v) is 11.2. The van der Waals surface area contributed by atoms with Crippen LogP contribution in [-0.4, -0.2) is 49.8 Å². The van der Waals surface area contributed by atoms with Crippen molar-refractivity contribution in [1.82, 2.24) is 9.36 Å². The quantitative estimate of drug-likeness (QED) is 0.225. The van der Waals surface area contributed by atoms with Gasteiger partial charge in [-0.25, -0.2) is 4.68 Å². The molecule has 0 aliphatic carbocycles. The summed E-state index contributed by atoms with van der Waals surface area (Å²) in [4.78, 5) is 15.5. The Morgan fingerprint density at radius 3 is 1.61 bits per heavy atom. The molecule has 0 saturated carbocycles. The van der Waals surface area contributed by atoms with Gasteiger partial charge in [-0.2, -0.15) is 0 Å². The fourth-order valence-corrected chi connectivity index (χ4v) is 4.12. The summed E-state index contributed by atoms with van der Waals surface area (Å²) in [7, 11) is 1.82. The van der Waals surface area contributed by atoms with Crippen LogP contribution in [-0.2, 0) is 7.05 Å². The molecule has 1 heterocycles. The molecule has 3 aromatic carbocycles. The Labute approximate surface area is 208 Å². The molecule has 0 fully saturated rings. The number of aromatic nitrogens is 2. The maximum atomic E-state index is 13.8. The third-order valence-electron chi connectivity index (χ3n) is 5.98. The number of hydrogen-bond donors (Lipinski definition) is 2. The normalized spacial score (nSPS) is 11.7. The molecule has 9 nitrogen and oxygen atoms in total. The van der Waals surface area contributed by atoms with Crippen LogP contribution < -0.4 is 10.5 Å². The van der Waals surface area contributed by atoms with Crippen molar-refractivity contribution < 1.29 is 15.9 Å². The highest BCUT2D eigenvalue weighted by Gasteiger charge is 2.25. The molecule has 36 heavy (non-hydrogen) atoms. The lowest BCUT2D eigenvalue weighted by atomic mass is 10.1. The zero-order valence-corrected chi connectivity index (χ0v) is 20.1. The Kier molecular flexibility index (Phi) is 8.43. The van der Waals surface area contributed by atoms with Gasteiger partial charge in [0.05, 0.1) is 24.5 Å². The van der Waals surface area contributed by atoms with Gasteiger partial charge in [0.2, 0.25) is 0 Å². The molecule has 0 amide bonds. The fourth-order valence-electron chi connectivity index (χ4n) is 4.12. The van der Waals surface area contributed by atoms with E-state index in [1.54, 1.807) is 14.3 Å². The maximum absolute atomic E-state index is 13.8. The van der Waals surface area contributed by atoms with Crippen molar-refractivity contribution >= 4 is 17.1 Å². The molecule has 0 radical (unpaired) electrons. The lowest BCUT2D eigenvalue weighted by molar-refractivity contribution is 0.318. The second-order valence-corrected chi connectivity index (χ2v) is 8.09. The Bertz CT molecular complexity index is 1340. The molecule has 4 aromatic rings. The van der Waals surface area contributed by atoms with Crippen LogP contribution in [0.1, 0.15) is 16.8 Å². The van der Waals surface area contributed by atoms with Gasteiger partial charge < -0.3 is 20.8 Å². The predicted octanol–water partition coefficient (Wildman–Crippen LogP) is 3.22. The van der Waals surface area contributed by atoms with Gasteiger partial charge in [-0.1, -0.05) is 89.2 Å². The van der Waals surface area contributed by atoms with Crippen LogP contribution in [0.5, 0.6) is 0 Å². The lowest BCUT2D eigenvalue weighted by Gasteiger charge is -2.24. The number of para-hydroxylation sites is 1. The summed E-state index contributed by atoms with van der Waals surface area (Å²) in [6.07, 6.45) is 0. The number of hydrogen-bond acceptors (Lipinski definition) is 6. The summed E-state index contributed by atoms with van der Waals surface area (Å²) in [5, 5.41) is 26.8. The second kappa shape index (κ2) is 11.7. The van der Waals surface area contributed by atoms with E-state index in [1.807, 2.05) is 105 Å². The Morgan fingerprint density at radius 2 is 1.19 bits per heavy atom. The molecule has 0 spiro atoms. The third kappa shape index (κ3) is 5.21. The largest absolute Gasteiger partial charge is 0.412 e. The highest BCUT2D eigenvalue weighted by Crippen LogP contribution is 2.20. The molecule has 4 rings (SSSR count). The molecular formula is C27H29N5O4. The number of nitrogens with zero attached hydrogens (tertiary/aromatic N) is 5. The van der Waals surface area contributed by atoms with Crippen molar-refractivity contribution in [3.05, 3.63) is 118 Å². The highest BCUT2D eigenvalue weighted by molar-refractivity contribution is 6.06. The minimum Gasteiger partial charge on any atom is -0.412 e. The summed E-state index contributed by atoms with van der Waals surface area (Å²) in [5.74, 6) is 0. The van der Waals surface area contributed by atoms with Gasteiger partial charge in [0.15, 0.2) is 0 Å². The second-order valence-electron chi connectivity index (χ2n) is 8.09. The Morgan fingerprint density at radius 1 is 0.778 bits per heavy atom. The van der Waals surface area contributed by atoms with Crippen molar-refractivity contribution in [1.29, 1.82) is 0 Å². The molecule has 0 aliphatic rings. The van der Waals surface area contributed by atoms with E-state index in [0.29, 0.717) is 17.1 Å². The van der Waals surface area contributed by atoms with Crippen LogP contribution >= 0.6 is 0 Å². The summed E-state index contributed by atoms with van der Waals surface area (Å²) in [6.45, 7) is 2.09. The van der Waals surface area contributed by atoms with E-state index in [2.05, 4.69) is 10.3 Å². The van der Waals surface area contributed by atoms with Gasteiger partial charge in [-0.15, -0.1) is 0 Å². The first kappa shape index (κ1) is 26.0. The molecular weight excluding hydrogens is 458 g/mol. The van der Waals surface area contributed by atoms with Gasteiger partial charge in [-0.3, -0.25) is 9.48 Å². The van der Waals surface area contributed by atoms with Gasteiger partial charge in [0.1, 0.15) is 17.1 Å². The Balaban J connectivity index is 0.00000361. The van der Waals surface area contributed by atoms with E-state index < -0.39 is 0 Å². The number of anilines is 1. The summed E-state index contributed by atoms with van der Waals surface area (Å²) in [6, 6.07) is 27.9. The van der Waals surface area contributed by atoms with Crippen LogP contribution in [0.2, 0.25) is 0 Å². The van der Waals surface area contributed by atoms with Crippen LogP contribution in [0, 0.1) is 6.92 Å². The summed E-state index contributed by atoms with van der Waals surface area (Å²) in [5.41, 5.74) is 3.84. The monoisotopic (exact) mass is 487 g/mol. The minimum absolute atomic E-state index is 0. The first-order valence-electron chi connectivity index (χ1n) is 11.2. The van der Waals surface area contributed by atoms with E-state index in [1.165, 1.54) is 0 Å². The van der Waals surface area contributed by atoms with Gasteiger partial charge in [0, 0.05) is 18.2 Å². The van der Waals surface area contributed by atoms with Gasteiger partial charge in [-0.05, 0) is 19.1 Å². The molecule has 0 saturated heterocycles. The van der Waals surface area contributed by atoms with Crippen molar-refractivity contribution in [2.24, 2.45) is 17.4 Å². The van der Waals surface area contributed by atoms with Crippen LogP contribution in [0.15, 0.2) is 106 Å². The zero-order chi connectivity index (χ0) is 24.8. The summed E-state index contributed by atoms with van der Waals surface area (Å²) < 4.78 is 3.38. The minimum atomic E-state index is -0.230. The smallest absolute Gasteiger partial charge is 0.295 e. The molecule has 186 valence electrons. The molecule has 0 bridgehead atoms. The van der Waals surface area contributed by atoms with E-state index in [0.717, 1.165) is 22.5 Å². The molecule has 9 heteroatoms. The molecule has 0 unspecified atom stereocenters. The average Bonchev–Trinajstić information content (AvgIpc) is 3.13. The number of benzene rings is 3. The Hall–Kier alpha value is -4.63. The van der Waals surface area contributed by atoms with Crippen LogP contribution in [0.4, 0.5) is 5.69 Å². The van der Waals surface area contributed by atoms with E-state index in [4.69, 9.17) is 0 Å².